The first kappa shape index (κ1) is 11.9. The molecule has 2 N–H and O–H groups in total. The highest BCUT2D eigenvalue weighted by Crippen LogP contribution is 2.23. The van der Waals surface area contributed by atoms with Crippen LogP contribution in [0.25, 0.3) is 11.0 Å². The number of rotatable bonds is 2. The second kappa shape index (κ2) is 4.51. The molecule has 96 valence electrons. The van der Waals surface area contributed by atoms with Crippen molar-refractivity contribution >= 4 is 28.5 Å². The minimum absolute atomic E-state index is 0.297. The van der Waals surface area contributed by atoms with Crippen molar-refractivity contribution in [1.82, 2.24) is 14.5 Å². The van der Waals surface area contributed by atoms with Gasteiger partial charge in [-0.1, -0.05) is 17.7 Å². The van der Waals surface area contributed by atoms with E-state index in [-0.39, 0.29) is 5.82 Å². The fourth-order valence-corrected chi connectivity index (χ4v) is 2.23. The van der Waals surface area contributed by atoms with Gasteiger partial charge in [0.25, 0.3) is 0 Å². The third-order valence-electron chi connectivity index (χ3n) is 2.98. The van der Waals surface area contributed by atoms with Gasteiger partial charge >= 0.3 is 0 Å². The summed E-state index contributed by atoms with van der Waals surface area (Å²) >= 11 is 6.02. The Labute approximate surface area is 113 Å². The lowest BCUT2D eigenvalue weighted by Gasteiger charge is -2.08. The maximum Gasteiger partial charge on any atom is 0.145 e. The molecule has 0 spiro atoms. The monoisotopic (exact) mass is 276 g/mol. The molecular formula is C13H10ClFN4. The minimum Gasteiger partial charge on any atom is -0.383 e. The van der Waals surface area contributed by atoms with Gasteiger partial charge in [0.15, 0.2) is 0 Å². The summed E-state index contributed by atoms with van der Waals surface area (Å²) in [6.45, 7) is 0.297. The Morgan fingerprint density at radius 1 is 1.26 bits per heavy atom. The first-order valence-electron chi connectivity index (χ1n) is 5.65. The highest BCUT2D eigenvalue weighted by molar-refractivity contribution is 6.31. The number of halogens is 2. The molecular weight excluding hydrogens is 267 g/mol. The molecule has 2 aromatic heterocycles. The Morgan fingerprint density at radius 2 is 2.11 bits per heavy atom. The minimum atomic E-state index is -0.337. The quantitative estimate of drug-likeness (QED) is 0.783. The molecule has 0 fully saturated rings. The number of benzene rings is 1. The van der Waals surface area contributed by atoms with Crippen molar-refractivity contribution in [2.45, 2.75) is 6.54 Å². The van der Waals surface area contributed by atoms with Crippen LogP contribution in [0.4, 0.5) is 10.2 Å². The average molecular weight is 277 g/mol. The average Bonchev–Trinajstić information content (AvgIpc) is 2.79. The van der Waals surface area contributed by atoms with Crippen LogP contribution in [0.5, 0.6) is 0 Å². The third kappa shape index (κ3) is 2.02. The van der Waals surface area contributed by atoms with E-state index in [2.05, 4.69) is 9.97 Å². The van der Waals surface area contributed by atoms with E-state index in [9.17, 15) is 4.39 Å². The van der Waals surface area contributed by atoms with Gasteiger partial charge in [-0.25, -0.2) is 14.4 Å². The van der Waals surface area contributed by atoms with Gasteiger partial charge < -0.3 is 10.3 Å². The Balaban J connectivity index is 2.09. The number of fused-ring (bicyclic) bond motifs is 1. The summed E-state index contributed by atoms with van der Waals surface area (Å²) in [6, 6.07) is 6.43. The van der Waals surface area contributed by atoms with E-state index < -0.39 is 0 Å². The van der Waals surface area contributed by atoms with Crippen LogP contribution in [-0.4, -0.2) is 14.5 Å². The Bertz CT molecular complexity index is 733. The largest absolute Gasteiger partial charge is 0.383 e. The molecule has 0 atom stereocenters. The fourth-order valence-electron chi connectivity index (χ4n) is 2.00. The number of aromatic nitrogens is 3. The summed E-state index contributed by atoms with van der Waals surface area (Å²) in [5, 5.41) is 1.14. The molecule has 0 bridgehead atoms. The number of anilines is 1. The molecule has 19 heavy (non-hydrogen) atoms. The van der Waals surface area contributed by atoms with Crippen molar-refractivity contribution in [1.29, 1.82) is 0 Å². The summed E-state index contributed by atoms with van der Waals surface area (Å²) in [5.41, 5.74) is 6.85. The van der Waals surface area contributed by atoms with E-state index in [4.69, 9.17) is 17.3 Å². The van der Waals surface area contributed by atoms with Gasteiger partial charge in [0, 0.05) is 16.8 Å². The lowest BCUT2D eigenvalue weighted by molar-refractivity contribution is 0.601. The first-order valence-corrected chi connectivity index (χ1v) is 6.03. The van der Waals surface area contributed by atoms with Gasteiger partial charge in [0.2, 0.25) is 0 Å². The number of hydrogen-bond acceptors (Lipinski definition) is 3. The Morgan fingerprint density at radius 3 is 2.89 bits per heavy atom. The van der Waals surface area contributed by atoms with Gasteiger partial charge in [-0.3, -0.25) is 0 Å². The normalized spacial score (nSPS) is 11.1. The highest BCUT2D eigenvalue weighted by atomic mass is 35.5. The topological polar surface area (TPSA) is 56.7 Å². The zero-order valence-electron chi connectivity index (χ0n) is 9.85. The Hall–Kier alpha value is -2.14. The van der Waals surface area contributed by atoms with E-state index in [1.54, 1.807) is 29.0 Å². The van der Waals surface area contributed by atoms with Gasteiger partial charge in [-0.15, -0.1) is 0 Å². The number of nitrogen functional groups attached to an aromatic ring is 1. The van der Waals surface area contributed by atoms with Crippen LogP contribution in [-0.2, 0) is 6.54 Å². The maximum absolute atomic E-state index is 13.8. The number of nitrogens with zero attached hydrogens (tertiary/aromatic N) is 3. The predicted octanol–water partition coefficient (Wildman–Crippen LogP) is 2.85. The van der Waals surface area contributed by atoms with Crippen molar-refractivity contribution in [3.63, 3.8) is 0 Å². The number of nitrogens with two attached hydrogens (primary N) is 1. The zero-order chi connectivity index (χ0) is 13.4. The zero-order valence-corrected chi connectivity index (χ0v) is 10.6. The van der Waals surface area contributed by atoms with Crippen LogP contribution in [0.3, 0.4) is 0 Å². The first-order chi connectivity index (χ1) is 9.16. The third-order valence-corrected chi connectivity index (χ3v) is 3.33. The number of hydrogen-bond donors (Lipinski definition) is 1. The van der Waals surface area contributed by atoms with Crippen LogP contribution in [0.2, 0.25) is 5.02 Å². The standard InChI is InChI=1S/C13H10ClFN4/c14-10-2-1-3-11(15)9(10)6-19-5-4-8-12(16)17-7-18-13(8)19/h1-5,7H,6H2,(H2,16,17,18). The van der Waals surface area contributed by atoms with E-state index in [1.165, 1.54) is 12.4 Å². The molecule has 0 amide bonds. The van der Waals surface area contributed by atoms with Crippen molar-refractivity contribution in [3.05, 3.63) is 53.2 Å². The summed E-state index contributed by atoms with van der Waals surface area (Å²) in [6.07, 6.45) is 3.18. The van der Waals surface area contributed by atoms with Crippen LogP contribution in [0.1, 0.15) is 5.56 Å². The van der Waals surface area contributed by atoms with Crippen LogP contribution in [0, 0.1) is 5.82 Å². The van der Waals surface area contributed by atoms with Crippen LogP contribution < -0.4 is 5.73 Å². The molecule has 0 saturated heterocycles. The second-order valence-electron chi connectivity index (χ2n) is 4.14. The maximum atomic E-state index is 13.8. The molecule has 3 aromatic rings. The molecule has 2 heterocycles. The molecule has 0 aliphatic rings. The fraction of sp³-hybridized carbons (Fsp3) is 0.0769. The highest BCUT2D eigenvalue weighted by Gasteiger charge is 2.11. The SMILES string of the molecule is Nc1ncnc2c1ccn2Cc1c(F)cccc1Cl. The second-order valence-corrected chi connectivity index (χ2v) is 4.55. The van der Waals surface area contributed by atoms with Crippen LogP contribution >= 0.6 is 11.6 Å². The van der Waals surface area contributed by atoms with Crippen molar-refractivity contribution in [3.8, 4) is 0 Å². The predicted molar refractivity (Wildman–Crippen MR) is 72.5 cm³/mol. The molecule has 0 saturated carbocycles. The van der Waals surface area contributed by atoms with E-state index >= 15 is 0 Å². The van der Waals surface area contributed by atoms with Crippen molar-refractivity contribution < 1.29 is 4.39 Å². The lowest BCUT2D eigenvalue weighted by atomic mass is 10.2. The van der Waals surface area contributed by atoms with Gasteiger partial charge in [0.1, 0.15) is 23.6 Å². The lowest BCUT2D eigenvalue weighted by Crippen LogP contribution is -2.03. The van der Waals surface area contributed by atoms with Gasteiger partial charge in [0.05, 0.1) is 11.9 Å². The summed E-state index contributed by atoms with van der Waals surface area (Å²) < 4.78 is 15.6. The molecule has 0 unspecified atom stereocenters. The van der Waals surface area contributed by atoms with Gasteiger partial charge in [-0.05, 0) is 18.2 Å². The van der Waals surface area contributed by atoms with Gasteiger partial charge in [-0.2, -0.15) is 0 Å². The molecule has 0 aliphatic heterocycles. The molecule has 4 nitrogen and oxygen atoms in total. The van der Waals surface area contributed by atoms with Crippen molar-refractivity contribution in [2.24, 2.45) is 0 Å². The summed E-state index contributed by atoms with van der Waals surface area (Å²) in [5.74, 6) is 0.0692. The van der Waals surface area contributed by atoms with E-state index in [0.717, 1.165) is 5.39 Å². The van der Waals surface area contributed by atoms with E-state index in [1.807, 2.05) is 0 Å². The van der Waals surface area contributed by atoms with Crippen molar-refractivity contribution in [2.75, 3.05) is 5.73 Å². The molecule has 6 heteroatoms. The molecule has 1 aromatic carbocycles. The molecule has 0 radical (unpaired) electrons. The molecule has 0 aliphatic carbocycles. The summed E-state index contributed by atoms with van der Waals surface area (Å²) in [4.78, 5) is 8.08. The smallest absolute Gasteiger partial charge is 0.145 e. The summed E-state index contributed by atoms with van der Waals surface area (Å²) in [7, 11) is 0. The van der Waals surface area contributed by atoms with E-state index in [0.29, 0.717) is 28.6 Å². The van der Waals surface area contributed by atoms with Crippen LogP contribution in [0.15, 0.2) is 36.8 Å². The molecule has 3 rings (SSSR count). The Kier molecular flexibility index (Phi) is 2.83.